The first-order chi connectivity index (χ1) is 10.3. The van der Waals surface area contributed by atoms with Crippen LogP contribution in [-0.2, 0) is 19.3 Å². The van der Waals surface area contributed by atoms with Gasteiger partial charge < -0.3 is 15.0 Å². The first-order valence-electron chi connectivity index (χ1n) is 7.04. The molecule has 2 aromatic rings. The van der Waals surface area contributed by atoms with Gasteiger partial charge in [0.2, 0.25) is 0 Å². The van der Waals surface area contributed by atoms with Crippen molar-refractivity contribution in [1.82, 2.24) is 9.88 Å². The first-order valence-corrected chi connectivity index (χ1v) is 7.04. The molecule has 0 aliphatic rings. The maximum absolute atomic E-state index is 13.3. The summed E-state index contributed by atoms with van der Waals surface area (Å²) in [4.78, 5) is 0. The number of rotatable bonds is 5. The fraction of sp³-hybridized carbons (Fsp3) is 0.375. The van der Waals surface area contributed by atoms with Crippen molar-refractivity contribution in [2.24, 2.45) is 0 Å². The Morgan fingerprint density at radius 3 is 2.50 bits per heavy atom. The Bertz CT molecular complexity index is 633. The number of aliphatic hydroxyl groups is 1. The van der Waals surface area contributed by atoms with Crippen molar-refractivity contribution in [3.8, 4) is 5.69 Å². The number of nitrogens with zero attached hydrogens (tertiary/aromatic N) is 1. The maximum atomic E-state index is 13.3. The largest absolute Gasteiger partial charge is 0.418 e. The highest BCUT2D eigenvalue weighted by Gasteiger charge is 2.35. The summed E-state index contributed by atoms with van der Waals surface area (Å²) in [5, 5.41) is 12.6. The van der Waals surface area contributed by atoms with E-state index < -0.39 is 18.3 Å². The van der Waals surface area contributed by atoms with E-state index in [0.717, 1.165) is 6.07 Å². The third kappa shape index (κ3) is 3.51. The number of hydrogen-bond acceptors (Lipinski definition) is 2. The number of aromatic nitrogens is 1. The third-order valence-electron chi connectivity index (χ3n) is 3.36. The van der Waals surface area contributed by atoms with Crippen LogP contribution in [0.25, 0.3) is 5.69 Å². The van der Waals surface area contributed by atoms with Crippen molar-refractivity contribution in [2.45, 2.75) is 39.2 Å². The average Bonchev–Trinajstić information content (AvgIpc) is 2.91. The van der Waals surface area contributed by atoms with Crippen LogP contribution in [0.4, 0.5) is 13.2 Å². The number of hydrogen-bond donors (Lipinski definition) is 2. The van der Waals surface area contributed by atoms with Crippen molar-refractivity contribution >= 4 is 0 Å². The Labute approximate surface area is 127 Å². The molecule has 1 aromatic heterocycles. The zero-order valence-electron chi connectivity index (χ0n) is 12.5. The number of nitrogens with one attached hydrogen (secondary N) is 1. The highest BCUT2D eigenvalue weighted by atomic mass is 19.4. The molecule has 0 aliphatic heterocycles. The molecule has 0 aliphatic carbocycles. The lowest BCUT2D eigenvalue weighted by molar-refractivity contribution is -0.137. The van der Waals surface area contributed by atoms with Crippen LogP contribution in [0, 0.1) is 0 Å². The van der Waals surface area contributed by atoms with E-state index in [-0.39, 0.29) is 17.3 Å². The summed E-state index contributed by atoms with van der Waals surface area (Å²) in [6, 6.07) is 7.54. The highest BCUT2D eigenvalue weighted by Crippen LogP contribution is 2.36. The molecule has 22 heavy (non-hydrogen) atoms. The van der Waals surface area contributed by atoms with Crippen molar-refractivity contribution in [3.63, 3.8) is 0 Å². The predicted octanol–water partition coefficient (Wildman–Crippen LogP) is 3.49. The molecule has 0 fully saturated rings. The smallest absolute Gasteiger partial charge is 0.392 e. The Morgan fingerprint density at radius 1 is 1.18 bits per heavy atom. The van der Waals surface area contributed by atoms with Crippen molar-refractivity contribution in [3.05, 3.63) is 53.3 Å². The van der Waals surface area contributed by atoms with Crippen LogP contribution in [0.2, 0.25) is 0 Å². The molecule has 120 valence electrons. The standard InChI is InChI=1S/C16H19F3N2O/c1-11(2)20-9-13-6-4-8-21(13)15-12(10-22)5-3-7-14(15)16(17,18)19/h3-8,11,20,22H,9-10H2,1-2H3. The number of aliphatic hydroxyl groups excluding tert-OH is 1. The molecule has 0 saturated heterocycles. The minimum atomic E-state index is -4.48. The zero-order chi connectivity index (χ0) is 16.3. The predicted molar refractivity (Wildman–Crippen MR) is 78.7 cm³/mol. The molecule has 3 nitrogen and oxygen atoms in total. The molecule has 2 rings (SSSR count). The van der Waals surface area contributed by atoms with E-state index in [1.807, 2.05) is 13.8 Å². The molecule has 0 amide bonds. The molecule has 2 N–H and O–H groups in total. The summed E-state index contributed by atoms with van der Waals surface area (Å²) < 4.78 is 41.4. The van der Waals surface area contributed by atoms with Gasteiger partial charge in [0, 0.05) is 30.0 Å². The number of alkyl halides is 3. The molecule has 1 heterocycles. The van der Waals surface area contributed by atoms with Crippen LogP contribution >= 0.6 is 0 Å². The van der Waals surface area contributed by atoms with Gasteiger partial charge in [-0.05, 0) is 18.2 Å². The van der Waals surface area contributed by atoms with Crippen LogP contribution in [0.5, 0.6) is 0 Å². The van der Waals surface area contributed by atoms with Crippen LogP contribution in [0.1, 0.15) is 30.7 Å². The van der Waals surface area contributed by atoms with Gasteiger partial charge in [-0.25, -0.2) is 0 Å². The van der Waals surface area contributed by atoms with Gasteiger partial charge in [-0.15, -0.1) is 0 Å². The SMILES string of the molecule is CC(C)NCc1cccn1-c1c(CO)cccc1C(F)(F)F. The summed E-state index contributed by atoms with van der Waals surface area (Å²) in [6.45, 7) is 3.93. The van der Waals surface area contributed by atoms with Crippen LogP contribution in [0.15, 0.2) is 36.5 Å². The summed E-state index contributed by atoms with van der Waals surface area (Å²) in [7, 11) is 0. The number of halogens is 3. The van der Waals surface area contributed by atoms with Crippen molar-refractivity contribution < 1.29 is 18.3 Å². The second kappa shape index (κ2) is 6.54. The van der Waals surface area contributed by atoms with Gasteiger partial charge in [0.05, 0.1) is 17.9 Å². The Morgan fingerprint density at radius 2 is 1.91 bits per heavy atom. The lowest BCUT2D eigenvalue weighted by atomic mass is 10.1. The Kier molecular flexibility index (Phi) is 4.93. The van der Waals surface area contributed by atoms with Crippen LogP contribution in [-0.4, -0.2) is 15.7 Å². The summed E-state index contributed by atoms with van der Waals surface area (Å²) in [5.41, 5.74) is 0.195. The third-order valence-corrected chi connectivity index (χ3v) is 3.36. The lowest BCUT2D eigenvalue weighted by Gasteiger charge is -2.20. The van der Waals surface area contributed by atoms with E-state index in [4.69, 9.17) is 0 Å². The fourth-order valence-corrected chi connectivity index (χ4v) is 2.32. The van der Waals surface area contributed by atoms with Gasteiger partial charge in [-0.3, -0.25) is 0 Å². The van der Waals surface area contributed by atoms with Gasteiger partial charge >= 0.3 is 6.18 Å². The zero-order valence-corrected chi connectivity index (χ0v) is 12.5. The van der Waals surface area contributed by atoms with Crippen LogP contribution < -0.4 is 5.32 Å². The van der Waals surface area contributed by atoms with E-state index in [1.165, 1.54) is 16.7 Å². The Hall–Kier alpha value is -1.79. The van der Waals surface area contributed by atoms with Crippen molar-refractivity contribution in [1.29, 1.82) is 0 Å². The monoisotopic (exact) mass is 312 g/mol. The molecule has 0 saturated carbocycles. The lowest BCUT2D eigenvalue weighted by Crippen LogP contribution is -2.24. The van der Waals surface area contributed by atoms with Crippen molar-refractivity contribution in [2.75, 3.05) is 0 Å². The van der Waals surface area contributed by atoms with Gasteiger partial charge in [0.1, 0.15) is 0 Å². The van der Waals surface area contributed by atoms with E-state index in [0.29, 0.717) is 12.2 Å². The molecular weight excluding hydrogens is 293 g/mol. The quantitative estimate of drug-likeness (QED) is 0.887. The topological polar surface area (TPSA) is 37.2 Å². The molecule has 0 unspecified atom stereocenters. The van der Waals surface area contributed by atoms with Gasteiger partial charge in [-0.2, -0.15) is 13.2 Å². The number of benzene rings is 1. The van der Waals surface area contributed by atoms with Gasteiger partial charge in [0.25, 0.3) is 0 Å². The van der Waals surface area contributed by atoms with E-state index in [2.05, 4.69) is 5.32 Å². The molecule has 1 aromatic carbocycles. The minimum absolute atomic E-state index is 0.0111. The second-order valence-electron chi connectivity index (χ2n) is 5.37. The van der Waals surface area contributed by atoms with E-state index >= 15 is 0 Å². The molecule has 0 bridgehead atoms. The summed E-state index contributed by atoms with van der Waals surface area (Å²) in [6.07, 6.45) is -2.89. The van der Waals surface area contributed by atoms with Gasteiger partial charge in [0.15, 0.2) is 0 Å². The average molecular weight is 312 g/mol. The second-order valence-corrected chi connectivity index (χ2v) is 5.37. The molecule has 0 atom stereocenters. The number of para-hydroxylation sites is 1. The van der Waals surface area contributed by atoms with E-state index in [1.54, 1.807) is 18.3 Å². The molecule has 0 radical (unpaired) electrons. The summed E-state index contributed by atoms with van der Waals surface area (Å²) >= 11 is 0. The highest BCUT2D eigenvalue weighted by molar-refractivity contribution is 5.51. The van der Waals surface area contributed by atoms with Crippen LogP contribution in [0.3, 0.4) is 0 Å². The van der Waals surface area contributed by atoms with E-state index in [9.17, 15) is 18.3 Å². The molecule has 0 spiro atoms. The molecular formula is C16H19F3N2O. The fourth-order valence-electron chi connectivity index (χ4n) is 2.32. The normalized spacial score (nSPS) is 12.1. The first kappa shape index (κ1) is 16.6. The molecule has 6 heteroatoms. The van der Waals surface area contributed by atoms with Gasteiger partial charge in [-0.1, -0.05) is 26.0 Å². The summed E-state index contributed by atoms with van der Waals surface area (Å²) in [5.74, 6) is 0. The Balaban J connectivity index is 2.55. The minimum Gasteiger partial charge on any atom is -0.392 e. The maximum Gasteiger partial charge on any atom is 0.418 e.